The van der Waals surface area contributed by atoms with Gasteiger partial charge in [-0.3, -0.25) is 4.79 Å². The first-order valence-corrected chi connectivity index (χ1v) is 2.53. The summed E-state index contributed by atoms with van der Waals surface area (Å²) in [5.41, 5.74) is 16.5. The van der Waals surface area contributed by atoms with E-state index in [2.05, 4.69) is 4.74 Å². The number of ether oxygens (including phenoxy) is 1. The first-order valence-electron chi connectivity index (χ1n) is 2.53. The van der Waals surface area contributed by atoms with Gasteiger partial charge in [0.15, 0.2) is 0 Å². The van der Waals surface area contributed by atoms with Gasteiger partial charge in [0.25, 0.3) is 0 Å². The van der Waals surface area contributed by atoms with Crippen molar-refractivity contribution < 1.29 is 51.3 Å². The number of carbonyl (C=O) groups excluding carboxylic acids is 1. The Labute approximate surface area is 115 Å². The quantitative estimate of drug-likeness (QED) is 0.752. The minimum absolute atomic E-state index is 0. The van der Waals surface area contributed by atoms with Crippen LogP contribution in [0.4, 0.5) is 4.79 Å². The molecule has 0 aliphatic rings. The fourth-order valence-electron chi connectivity index (χ4n) is 0.344. The van der Waals surface area contributed by atoms with E-state index < -0.39 is 12.2 Å². The zero-order valence-electron chi connectivity index (χ0n) is 8.46. The zero-order chi connectivity index (χ0) is 7.28. The molecule has 0 bridgehead atoms. The Morgan fingerprint density at radius 1 is 1.23 bits per heavy atom. The largest absolute Gasteiger partial charge is 4.00 e. The van der Waals surface area contributed by atoms with Gasteiger partial charge in [-0.05, 0) is 0 Å². The van der Waals surface area contributed by atoms with Gasteiger partial charge in [0.1, 0.15) is 6.10 Å². The van der Waals surface area contributed by atoms with Crippen molar-refractivity contribution in [2.45, 2.75) is 6.10 Å². The molecule has 0 rings (SSSR count). The van der Waals surface area contributed by atoms with E-state index in [-0.39, 0.29) is 77.1 Å². The summed E-state index contributed by atoms with van der Waals surface area (Å²) in [5.74, 6) is 0. The van der Waals surface area contributed by atoms with Crippen LogP contribution in [0.3, 0.4) is 0 Å². The molecule has 0 aromatic heterocycles. The first-order chi connectivity index (χ1) is 4.20. The topological polar surface area (TPSA) is 102 Å². The van der Waals surface area contributed by atoms with Crippen molar-refractivity contribution in [3.8, 4) is 0 Å². The van der Waals surface area contributed by atoms with Gasteiger partial charge in [-0.15, -0.1) is 0 Å². The van der Waals surface area contributed by atoms with Crippen molar-refractivity contribution in [3.63, 3.8) is 0 Å². The van der Waals surface area contributed by atoms with Gasteiger partial charge in [0, 0.05) is 13.1 Å². The average molecular weight is 317 g/mol. The van der Waals surface area contributed by atoms with Crippen molar-refractivity contribution in [1.82, 2.24) is 0 Å². The van der Waals surface area contributed by atoms with Gasteiger partial charge in [-0.2, -0.15) is 0 Å². The van der Waals surface area contributed by atoms with Gasteiger partial charge in [0.2, 0.25) is 6.09 Å². The van der Waals surface area contributed by atoms with Crippen LogP contribution in [0.25, 0.3) is 5.73 Å². The Kier molecular flexibility index (Phi) is 41.3. The molecule has 0 saturated carbocycles. The Morgan fingerprint density at radius 2 is 1.54 bits per heavy atom. The third kappa shape index (κ3) is 19.1. The molecule has 0 aromatic carbocycles. The molecule has 5 N–H and O–H groups in total. The maximum Gasteiger partial charge on any atom is 4.00 e. The van der Waals surface area contributed by atoms with Gasteiger partial charge < -0.3 is 44.2 Å². The third-order valence-corrected chi connectivity index (χ3v) is 0.799. The van der Waals surface area contributed by atoms with E-state index in [0.29, 0.717) is 0 Å². The van der Waals surface area contributed by atoms with E-state index in [9.17, 15) is 4.79 Å². The number of nitrogens with one attached hydrogen (secondary N) is 1. The molecule has 0 fully saturated rings. The molecule has 6 heteroatoms. The van der Waals surface area contributed by atoms with Crippen LogP contribution >= 0.6 is 0 Å². The molecule has 0 aromatic rings. The number of rotatable bonds is 3. The molecule has 0 atom stereocenters. The second-order valence-corrected chi connectivity index (χ2v) is 1.50. The van der Waals surface area contributed by atoms with E-state index >= 15 is 0 Å². The molecule has 1 amide bonds. The summed E-state index contributed by atoms with van der Waals surface area (Å²) in [6.07, 6.45) is -1.59. The van der Waals surface area contributed by atoms with Crippen molar-refractivity contribution >= 4 is 6.09 Å². The van der Waals surface area contributed by atoms with E-state index in [1.807, 2.05) is 0 Å². The molecule has 0 unspecified atom stereocenters. The summed E-state index contributed by atoms with van der Waals surface area (Å²) >= 11 is 0. The minimum atomic E-state index is -1.09. The van der Waals surface area contributed by atoms with Crippen LogP contribution in [0.2, 0.25) is 0 Å². The number of nitrogens with two attached hydrogens (primary N) is 2. The van der Waals surface area contributed by atoms with Crippen LogP contribution in [-0.4, -0.2) is 25.3 Å². The molecule has 0 aliphatic carbocycles. The number of hydrogen-bond donors (Lipinski definition) is 2. The van der Waals surface area contributed by atoms with Crippen LogP contribution in [-0.2, 0) is 4.74 Å². The van der Waals surface area contributed by atoms with E-state index in [1.165, 1.54) is 0 Å². The third-order valence-electron chi connectivity index (χ3n) is 0.799. The Hall–Kier alpha value is 0.567. The maximum atomic E-state index is 9.91. The maximum absolute atomic E-state index is 9.91. The summed E-state index contributed by atoms with van der Waals surface area (Å²) < 4.78 is 4.33. The Morgan fingerprint density at radius 3 is 1.62 bits per heavy atom. The Balaban J connectivity index is -0.0000000533. The van der Waals surface area contributed by atoms with Crippen LogP contribution in [0, 0.1) is 64.0 Å². The molecular formula is C7H19CeN3O2. The van der Waals surface area contributed by atoms with Gasteiger partial charge in [-0.25, -0.2) is 0 Å². The second kappa shape index (κ2) is 18.4. The monoisotopic (exact) mass is 317 g/mol. The van der Waals surface area contributed by atoms with Gasteiger partial charge >= 0.3 is 41.7 Å². The predicted molar refractivity (Wildman–Crippen MR) is 51.9 cm³/mol. The second-order valence-electron chi connectivity index (χ2n) is 1.50. The number of amides is 1. The van der Waals surface area contributed by atoms with Crippen LogP contribution in [0.1, 0.15) is 0 Å². The van der Waals surface area contributed by atoms with Gasteiger partial charge in [0.05, 0.1) is 0 Å². The molecule has 0 spiro atoms. The standard InChI is InChI=1S/C4H11N3O2.3CH3.Ce/c5-1-3(2-6)9-4(7)8;;;;/h3H,1-2,5-6H2,(H2,7,8);3*1H3;/q;3*-1;+4/p-1. The van der Waals surface area contributed by atoms with Crippen LogP contribution in [0.15, 0.2) is 0 Å². The first kappa shape index (κ1) is 29.2. The molecular weight excluding hydrogens is 298 g/mol. The number of hydrogen-bond acceptors (Lipinski definition) is 4. The predicted octanol–water partition coefficient (Wildman–Crippen LogP) is 0.812. The van der Waals surface area contributed by atoms with Crippen LogP contribution in [0.5, 0.6) is 0 Å². The zero-order valence-corrected chi connectivity index (χ0v) is 11.6. The van der Waals surface area contributed by atoms with E-state index in [4.69, 9.17) is 17.2 Å². The van der Waals surface area contributed by atoms with Crippen LogP contribution < -0.4 is 11.5 Å². The summed E-state index contributed by atoms with van der Waals surface area (Å²) in [7, 11) is 0. The normalized spacial score (nSPS) is 6.69. The Bertz CT molecular complexity index is 99.7. The molecule has 0 radical (unpaired) electrons. The van der Waals surface area contributed by atoms with Crippen molar-refractivity contribution in [2.24, 2.45) is 11.5 Å². The molecule has 78 valence electrons. The summed E-state index contributed by atoms with van der Waals surface area (Å²) in [6, 6.07) is 0. The minimum Gasteiger partial charge on any atom is -0.632 e. The molecule has 0 aliphatic heterocycles. The SMILES string of the molecule is [CH3-].[CH3-].[CH3-].[Ce+4].[NH-]C(=O)OC(CN)CN. The summed E-state index contributed by atoms with van der Waals surface area (Å²) in [5, 5.41) is 0. The molecule has 5 nitrogen and oxygen atoms in total. The molecule has 0 heterocycles. The number of carbonyl (C=O) groups is 1. The summed E-state index contributed by atoms with van der Waals surface area (Å²) in [4.78, 5) is 9.91. The molecule has 0 saturated heterocycles. The van der Waals surface area contributed by atoms with Gasteiger partial charge in [-0.1, -0.05) is 0 Å². The smallest absolute Gasteiger partial charge is 0.632 e. The fourth-order valence-corrected chi connectivity index (χ4v) is 0.344. The van der Waals surface area contributed by atoms with E-state index in [0.717, 1.165) is 0 Å². The van der Waals surface area contributed by atoms with Crippen molar-refractivity contribution in [3.05, 3.63) is 28.0 Å². The van der Waals surface area contributed by atoms with Crippen molar-refractivity contribution in [2.75, 3.05) is 13.1 Å². The average Bonchev–Trinajstić information content (AvgIpc) is 1.82. The molecule has 13 heavy (non-hydrogen) atoms. The van der Waals surface area contributed by atoms with Crippen molar-refractivity contribution in [1.29, 1.82) is 0 Å². The fraction of sp³-hybridized carbons (Fsp3) is 0.429. The summed E-state index contributed by atoms with van der Waals surface area (Å²) in [6.45, 7) is 0.336. The van der Waals surface area contributed by atoms with E-state index in [1.54, 1.807) is 0 Å².